The average Bonchev–Trinajstić information content (AvgIpc) is 3.50. The second-order valence-electron chi connectivity index (χ2n) is 24.6. The monoisotopic (exact) mass is 993 g/mol. The molecule has 0 saturated heterocycles. The van der Waals surface area contributed by atoms with Gasteiger partial charge in [0.1, 0.15) is 12.7 Å². The zero-order valence-electron chi connectivity index (χ0n) is 46.2. The first-order chi connectivity index (χ1) is 36.2. The van der Waals surface area contributed by atoms with Gasteiger partial charge in [-0.15, -0.1) is 0 Å². The molecule has 6 heteroatoms. The molecule has 0 aliphatic heterocycles. The van der Waals surface area contributed by atoms with Gasteiger partial charge in [-0.05, 0) is 148 Å². The van der Waals surface area contributed by atoms with Gasteiger partial charge in [-0.25, -0.2) is 19.9 Å². The molecule has 11 aromatic rings. The Bertz CT molecular complexity index is 3650. The molecule has 76 heavy (non-hydrogen) atoms. The van der Waals surface area contributed by atoms with Gasteiger partial charge in [0.15, 0.2) is 0 Å². The van der Waals surface area contributed by atoms with Crippen molar-refractivity contribution in [3.05, 3.63) is 217 Å². The van der Waals surface area contributed by atoms with Crippen LogP contribution < -0.4 is 9.80 Å². The van der Waals surface area contributed by atoms with Crippen molar-refractivity contribution in [3.8, 4) is 22.3 Å². The molecule has 6 nitrogen and oxygen atoms in total. The second kappa shape index (κ2) is 18.9. The Labute approximate surface area is 449 Å². The Kier molecular flexibility index (Phi) is 12.4. The van der Waals surface area contributed by atoms with Crippen LogP contribution >= 0.6 is 0 Å². The third kappa shape index (κ3) is 9.35. The zero-order chi connectivity index (χ0) is 53.3. The highest BCUT2D eigenvalue weighted by atomic mass is 15.2. The minimum atomic E-state index is -0.101. The van der Waals surface area contributed by atoms with Crippen molar-refractivity contribution in [1.82, 2.24) is 19.9 Å². The normalized spacial score (nSPS) is 12.5. The van der Waals surface area contributed by atoms with Gasteiger partial charge < -0.3 is 9.80 Å². The number of para-hydroxylation sites is 2. The molecular formula is C70H68N6. The van der Waals surface area contributed by atoms with Crippen molar-refractivity contribution in [3.63, 3.8) is 0 Å². The Balaban J connectivity index is 1.25. The van der Waals surface area contributed by atoms with E-state index in [-0.39, 0.29) is 21.7 Å². The van der Waals surface area contributed by atoms with Crippen LogP contribution in [0.1, 0.15) is 105 Å². The van der Waals surface area contributed by atoms with E-state index in [0.29, 0.717) is 0 Å². The first-order valence-electron chi connectivity index (χ1n) is 26.7. The molecule has 378 valence electrons. The van der Waals surface area contributed by atoms with Crippen LogP contribution in [0.4, 0.5) is 34.1 Å². The third-order valence-electron chi connectivity index (χ3n) is 15.0. The molecule has 2 heterocycles. The number of rotatable bonds is 8. The summed E-state index contributed by atoms with van der Waals surface area (Å²) < 4.78 is 0. The van der Waals surface area contributed by atoms with E-state index >= 15 is 0 Å². The fraction of sp³-hybridized carbons (Fsp3) is 0.229. The predicted molar refractivity (Wildman–Crippen MR) is 323 cm³/mol. The molecule has 0 amide bonds. The van der Waals surface area contributed by atoms with Crippen molar-refractivity contribution in [2.24, 2.45) is 0 Å². The molecule has 9 aromatic carbocycles. The van der Waals surface area contributed by atoms with Crippen molar-refractivity contribution in [1.29, 1.82) is 0 Å². The molecule has 0 N–H and O–H groups in total. The van der Waals surface area contributed by atoms with Crippen LogP contribution in [-0.4, -0.2) is 19.9 Å². The molecule has 0 fully saturated rings. The van der Waals surface area contributed by atoms with Crippen molar-refractivity contribution in [2.45, 2.75) is 105 Å². The lowest BCUT2D eigenvalue weighted by molar-refractivity contribution is 0.568. The number of hydrogen-bond acceptors (Lipinski definition) is 6. The zero-order valence-corrected chi connectivity index (χ0v) is 46.2. The maximum absolute atomic E-state index is 4.97. The summed E-state index contributed by atoms with van der Waals surface area (Å²) in [4.78, 5) is 23.7. The lowest BCUT2D eigenvalue weighted by Crippen LogP contribution is -2.19. The summed E-state index contributed by atoms with van der Waals surface area (Å²) in [5.41, 5.74) is 17.3. The smallest absolute Gasteiger partial charge is 0.116 e. The second-order valence-corrected chi connectivity index (χ2v) is 24.6. The fourth-order valence-corrected chi connectivity index (χ4v) is 10.7. The Morgan fingerprint density at radius 1 is 0.316 bits per heavy atom. The molecule has 0 aliphatic rings. The number of fused-ring (bicyclic) bond motifs is 4. The average molecular weight is 993 g/mol. The van der Waals surface area contributed by atoms with E-state index in [1.807, 2.05) is 12.4 Å². The highest BCUT2D eigenvalue weighted by Gasteiger charge is 2.29. The summed E-state index contributed by atoms with van der Waals surface area (Å²) in [7, 11) is 0. The van der Waals surface area contributed by atoms with Crippen molar-refractivity contribution in [2.75, 3.05) is 9.80 Å². The van der Waals surface area contributed by atoms with Gasteiger partial charge in [0, 0.05) is 45.9 Å². The van der Waals surface area contributed by atoms with E-state index in [9.17, 15) is 0 Å². The lowest BCUT2D eigenvalue weighted by Gasteiger charge is -2.32. The van der Waals surface area contributed by atoms with Gasteiger partial charge >= 0.3 is 0 Å². The molecule has 0 spiro atoms. The van der Waals surface area contributed by atoms with E-state index in [1.165, 1.54) is 33.4 Å². The SMILES string of the molecule is CC(C)(C)c1cc(N(c2ccc3c(-c4ccccc4)c4cc(N(c5cc(C(C)(C)C)cc(C(C)(C)C)c5)c5cccc6cncnc56)ccc4c(-c4ccccc4)c3c2)c2cccc3cncnc23)cc(C(C)(C)C)c1. The minimum Gasteiger partial charge on any atom is -0.308 e. The number of anilines is 6. The topological polar surface area (TPSA) is 58.0 Å². The lowest BCUT2D eigenvalue weighted by atomic mass is 9.80. The molecule has 0 atom stereocenters. The predicted octanol–water partition coefficient (Wildman–Crippen LogP) is 19.3. The highest BCUT2D eigenvalue weighted by molar-refractivity contribution is 6.23. The van der Waals surface area contributed by atoms with Crippen LogP contribution in [0.2, 0.25) is 0 Å². The van der Waals surface area contributed by atoms with Gasteiger partial charge in [-0.3, -0.25) is 0 Å². The van der Waals surface area contributed by atoms with Gasteiger partial charge in [0.25, 0.3) is 0 Å². The number of hydrogen-bond donors (Lipinski definition) is 0. The standard InChI is InChI=1S/C70H68N6/c1-67(2,3)49-33-50(68(4,5)6)36-55(35-49)75(61-27-19-25-47-41-71-43-73-65(47)61)53-29-31-57-59(39-53)63(45-21-15-13-16-22-45)58-32-30-54(40-60(58)64(57)46-23-17-14-18-24-46)76(62-28-20-26-48-42-72-44-74-66(48)62)56-37-51(69(7,8)9)34-52(38-56)70(10,11)12/h13-44H,1-12H3. The summed E-state index contributed by atoms with van der Waals surface area (Å²) in [6, 6.07) is 63.2. The first-order valence-corrected chi connectivity index (χ1v) is 26.7. The van der Waals surface area contributed by atoms with E-state index in [0.717, 1.165) is 88.6 Å². The van der Waals surface area contributed by atoms with E-state index < -0.39 is 0 Å². The van der Waals surface area contributed by atoms with Crippen molar-refractivity contribution < 1.29 is 0 Å². The van der Waals surface area contributed by atoms with Crippen LogP contribution in [0.15, 0.2) is 195 Å². The van der Waals surface area contributed by atoms with Crippen molar-refractivity contribution >= 4 is 77.5 Å². The molecule has 0 bridgehead atoms. The quantitative estimate of drug-likeness (QED) is 0.141. The highest BCUT2D eigenvalue weighted by Crippen LogP contribution is 2.50. The molecule has 0 saturated carbocycles. The molecule has 0 unspecified atom stereocenters. The maximum Gasteiger partial charge on any atom is 0.116 e. The Morgan fingerprint density at radius 2 is 0.671 bits per heavy atom. The van der Waals surface area contributed by atoms with Gasteiger partial charge in [-0.2, -0.15) is 0 Å². The molecule has 2 aromatic heterocycles. The van der Waals surface area contributed by atoms with E-state index in [1.54, 1.807) is 12.7 Å². The summed E-state index contributed by atoms with van der Waals surface area (Å²) in [6.07, 6.45) is 7.15. The number of aromatic nitrogens is 4. The molecular weight excluding hydrogens is 925 g/mol. The summed E-state index contributed by atoms with van der Waals surface area (Å²) in [6.45, 7) is 27.7. The molecule has 0 aliphatic carbocycles. The number of benzene rings is 9. The number of nitrogens with zero attached hydrogens (tertiary/aromatic N) is 6. The fourth-order valence-electron chi connectivity index (χ4n) is 10.7. The van der Waals surface area contributed by atoms with E-state index in [4.69, 9.17) is 9.97 Å². The van der Waals surface area contributed by atoms with Crippen LogP contribution in [0.5, 0.6) is 0 Å². The Morgan fingerprint density at radius 3 is 1.01 bits per heavy atom. The van der Waals surface area contributed by atoms with Crippen LogP contribution in [0.3, 0.4) is 0 Å². The maximum atomic E-state index is 4.97. The third-order valence-corrected chi connectivity index (χ3v) is 15.0. The molecule has 0 radical (unpaired) electrons. The first kappa shape index (κ1) is 50.0. The molecule has 11 rings (SSSR count). The summed E-state index contributed by atoms with van der Waals surface area (Å²) in [5, 5.41) is 6.59. The van der Waals surface area contributed by atoms with Crippen LogP contribution in [0, 0.1) is 0 Å². The minimum absolute atomic E-state index is 0.101. The Hall–Kier alpha value is -8.22. The van der Waals surface area contributed by atoms with Crippen LogP contribution in [-0.2, 0) is 21.7 Å². The van der Waals surface area contributed by atoms with Gasteiger partial charge in [0.05, 0.1) is 22.4 Å². The largest absolute Gasteiger partial charge is 0.308 e. The van der Waals surface area contributed by atoms with E-state index in [2.05, 4.69) is 273 Å². The van der Waals surface area contributed by atoms with Crippen LogP contribution in [0.25, 0.3) is 65.6 Å². The summed E-state index contributed by atoms with van der Waals surface area (Å²) >= 11 is 0. The van der Waals surface area contributed by atoms with Gasteiger partial charge in [0.2, 0.25) is 0 Å². The van der Waals surface area contributed by atoms with Gasteiger partial charge in [-0.1, -0.05) is 192 Å². The summed E-state index contributed by atoms with van der Waals surface area (Å²) in [5.74, 6) is 0.